The molecule has 0 radical (unpaired) electrons. The molecule has 288 valence electrons. The topological polar surface area (TPSA) is 173 Å². The average Bonchev–Trinajstić information content (AvgIpc) is 3.66. The van der Waals surface area contributed by atoms with Crippen LogP contribution >= 0.6 is 0 Å². The number of fused-ring (bicyclic) bond motifs is 1. The van der Waals surface area contributed by atoms with E-state index in [0.29, 0.717) is 72.1 Å². The van der Waals surface area contributed by atoms with Crippen LogP contribution in [0.15, 0.2) is 53.9 Å². The third-order valence-electron chi connectivity index (χ3n) is 11.6. The molecule has 1 aromatic carbocycles. The lowest BCUT2D eigenvalue weighted by Crippen LogP contribution is -2.51. The van der Waals surface area contributed by atoms with Crippen LogP contribution in [0.25, 0.3) is 11.2 Å². The Kier molecular flexibility index (Phi) is 11.7. The fourth-order valence-corrected chi connectivity index (χ4v) is 8.26. The predicted octanol–water partition coefficient (Wildman–Crippen LogP) is 5.06. The first kappa shape index (κ1) is 38.5. The van der Waals surface area contributed by atoms with Crippen molar-refractivity contribution in [3.8, 4) is 11.5 Å². The molecule has 0 saturated heterocycles. The highest BCUT2D eigenvalue weighted by molar-refractivity contribution is 5.82. The number of nitrogens with two attached hydrogens (primary N) is 1. The number of anilines is 1. The molecular formula is C40H58N8O5. The molecule has 2 fully saturated rings. The quantitative estimate of drug-likeness (QED) is 0.150. The summed E-state index contributed by atoms with van der Waals surface area (Å²) in [4.78, 5) is 28.9. The number of aliphatic hydroxyl groups is 2. The number of ether oxygens (including phenoxy) is 2. The second kappa shape index (κ2) is 16.0. The van der Waals surface area contributed by atoms with Gasteiger partial charge in [0, 0.05) is 54.8 Å². The molecule has 2 heterocycles. The maximum Gasteiger partial charge on any atom is 0.224 e. The van der Waals surface area contributed by atoms with E-state index in [9.17, 15) is 15.0 Å². The number of rotatable bonds is 14. The number of allylic oxidation sites excluding steroid dienone is 3. The van der Waals surface area contributed by atoms with Crippen molar-refractivity contribution in [2.45, 2.75) is 116 Å². The van der Waals surface area contributed by atoms with Crippen LogP contribution in [0.4, 0.5) is 5.82 Å². The van der Waals surface area contributed by atoms with Gasteiger partial charge in [-0.1, -0.05) is 26.3 Å². The molecule has 2 saturated carbocycles. The number of nitrogens with zero attached hydrogens (tertiary/aromatic N) is 5. The van der Waals surface area contributed by atoms with Gasteiger partial charge < -0.3 is 40.6 Å². The highest BCUT2D eigenvalue weighted by atomic mass is 16.5. The summed E-state index contributed by atoms with van der Waals surface area (Å²) < 4.78 is 12.7. The number of aromatic nitrogens is 4. The van der Waals surface area contributed by atoms with Gasteiger partial charge >= 0.3 is 0 Å². The van der Waals surface area contributed by atoms with Gasteiger partial charge in [-0.3, -0.25) is 9.69 Å². The lowest BCUT2D eigenvalue weighted by Gasteiger charge is -2.46. The number of carbonyl (C=O) groups is 1. The fourth-order valence-electron chi connectivity index (χ4n) is 8.26. The normalized spacial score (nSPS) is 24.8. The van der Waals surface area contributed by atoms with Crippen molar-refractivity contribution in [2.75, 3.05) is 26.1 Å². The minimum absolute atomic E-state index is 0.0338. The zero-order chi connectivity index (χ0) is 38.0. The molecule has 0 aliphatic heterocycles. The van der Waals surface area contributed by atoms with Crippen molar-refractivity contribution in [1.29, 1.82) is 0 Å². The van der Waals surface area contributed by atoms with Gasteiger partial charge in [0.2, 0.25) is 5.91 Å². The lowest BCUT2D eigenvalue weighted by molar-refractivity contribution is -0.121. The Bertz CT molecular complexity index is 1820. The summed E-state index contributed by atoms with van der Waals surface area (Å²) >= 11 is 0. The average molecular weight is 731 g/mol. The molecule has 13 heteroatoms. The molecule has 0 unspecified atom stereocenters. The molecule has 4 atom stereocenters. The van der Waals surface area contributed by atoms with Crippen molar-refractivity contribution >= 4 is 22.9 Å². The van der Waals surface area contributed by atoms with E-state index >= 15 is 0 Å². The molecule has 3 aliphatic rings. The van der Waals surface area contributed by atoms with Crippen molar-refractivity contribution in [3.63, 3.8) is 0 Å². The first-order chi connectivity index (χ1) is 25.3. The first-order valence-corrected chi connectivity index (χ1v) is 19.0. The number of hydrogen-bond acceptors (Lipinski definition) is 11. The zero-order valence-corrected chi connectivity index (χ0v) is 32.3. The molecule has 0 spiro atoms. The summed E-state index contributed by atoms with van der Waals surface area (Å²) in [5.41, 5.74) is 11.3. The van der Waals surface area contributed by atoms with Gasteiger partial charge in [0.15, 0.2) is 11.5 Å². The molecule has 0 bridgehead atoms. The third kappa shape index (κ3) is 8.47. The van der Waals surface area contributed by atoms with E-state index in [0.717, 1.165) is 43.4 Å². The van der Waals surface area contributed by atoms with Crippen molar-refractivity contribution < 1.29 is 24.5 Å². The number of methoxy groups -OCH3 is 2. The van der Waals surface area contributed by atoms with Crippen molar-refractivity contribution in [1.82, 2.24) is 29.7 Å². The van der Waals surface area contributed by atoms with Gasteiger partial charge in [-0.25, -0.2) is 15.0 Å². The largest absolute Gasteiger partial charge is 0.497 e. The Balaban J connectivity index is 1.03. The van der Waals surface area contributed by atoms with E-state index in [1.165, 1.54) is 11.9 Å². The molecule has 13 nitrogen and oxygen atoms in total. The van der Waals surface area contributed by atoms with E-state index in [1.54, 1.807) is 20.5 Å². The maximum atomic E-state index is 12.9. The van der Waals surface area contributed by atoms with Crippen LogP contribution in [0, 0.1) is 17.3 Å². The van der Waals surface area contributed by atoms with Gasteiger partial charge in [-0.05, 0) is 81.9 Å². The Hall–Kier alpha value is -4.20. The third-order valence-corrected chi connectivity index (χ3v) is 11.6. The van der Waals surface area contributed by atoms with Crippen molar-refractivity contribution in [3.05, 3.63) is 59.5 Å². The van der Waals surface area contributed by atoms with Gasteiger partial charge in [0.1, 0.15) is 29.4 Å². The predicted molar refractivity (Wildman–Crippen MR) is 205 cm³/mol. The van der Waals surface area contributed by atoms with Gasteiger partial charge in [0.05, 0.1) is 38.4 Å². The minimum atomic E-state index is -0.960. The first-order valence-electron chi connectivity index (χ1n) is 19.0. The van der Waals surface area contributed by atoms with E-state index < -0.39 is 12.2 Å². The molecule has 3 aliphatic carbocycles. The van der Waals surface area contributed by atoms with E-state index in [1.807, 2.05) is 28.8 Å². The maximum absolute atomic E-state index is 12.9. The standard InChI is InChI=1S/C40H58N8O5/c1-23(2)47(28-14-24(15-28)8-13-34(49)46-31-12-10-27(17-30(31)41)40(3,4)5)20-26-16-32(37(51)36(26)50)48-22-45-35-38(43-21-44-39(35)48)42-19-25-9-11-29(52-6)18-33(25)53-7/h9,11,17-18,21-24,26,28,32,36-37,50-51H,8,10,12-16,19-20,41H2,1-7H3,(H,46,49)(H,42,43,44)/t24?,26-,28?,32-,36-,37+/m1/s1. The molecule has 6 N–H and O–H groups in total. The Morgan fingerprint density at radius 3 is 2.53 bits per heavy atom. The van der Waals surface area contributed by atoms with E-state index in [2.05, 4.69) is 65.1 Å². The fraction of sp³-hybridized carbons (Fsp3) is 0.600. The molecule has 2 aromatic heterocycles. The minimum Gasteiger partial charge on any atom is -0.497 e. The molecule has 3 aromatic rings. The van der Waals surface area contributed by atoms with Gasteiger partial charge in [-0.2, -0.15) is 0 Å². The van der Waals surface area contributed by atoms with Crippen LogP contribution < -0.4 is 25.8 Å². The molecule has 6 rings (SSSR count). The summed E-state index contributed by atoms with van der Waals surface area (Å²) in [6.45, 7) is 12.1. The zero-order valence-electron chi connectivity index (χ0n) is 32.3. The second-order valence-electron chi connectivity index (χ2n) is 16.3. The van der Waals surface area contributed by atoms with Crippen molar-refractivity contribution in [2.24, 2.45) is 23.0 Å². The second-order valence-corrected chi connectivity index (χ2v) is 16.3. The van der Waals surface area contributed by atoms with E-state index in [4.69, 9.17) is 15.2 Å². The highest BCUT2D eigenvalue weighted by Crippen LogP contribution is 2.41. The van der Waals surface area contributed by atoms with Crippen LogP contribution in [-0.2, 0) is 11.3 Å². The lowest BCUT2D eigenvalue weighted by atomic mass is 9.76. The number of hydrogen-bond donors (Lipinski definition) is 5. The smallest absolute Gasteiger partial charge is 0.224 e. The van der Waals surface area contributed by atoms with Crippen LogP contribution in [0.5, 0.6) is 11.5 Å². The molecule has 1 amide bonds. The Morgan fingerprint density at radius 1 is 1.08 bits per heavy atom. The van der Waals surface area contributed by atoms with Crippen LogP contribution in [0.1, 0.15) is 91.2 Å². The van der Waals surface area contributed by atoms with E-state index in [-0.39, 0.29) is 29.3 Å². The van der Waals surface area contributed by atoms with Crippen LogP contribution in [-0.4, -0.2) is 85.6 Å². The Morgan fingerprint density at radius 2 is 1.85 bits per heavy atom. The molecule has 53 heavy (non-hydrogen) atoms. The molecular weight excluding hydrogens is 672 g/mol. The summed E-state index contributed by atoms with van der Waals surface area (Å²) in [6.07, 6.45) is 9.00. The van der Waals surface area contributed by atoms with Gasteiger partial charge in [-0.15, -0.1) is 0 Å². The summed E-state index contributed by atoms with van der Waals surface area (Å²) in [6, 6.07) is 5.93. The monoisotopic (exact) mass is 730 g/mol. The highest BCUT2D eigenvalue weighted by Gasteiger charge is 2.45. The number of carbonyl (C=O) groups excluding carboxylic acids is 1. The number of aliphatic hydroxyl groups excluding tert-OH is 2. The summed E-state index contributed by atoms with van der Waals surface area (Å²) in [5, 5.41) is 29.1. The van der Waals surface area contributed by atoms with Crippen LogP contribution in [0.2, 0.25) is 0 Å². The number of imidazole rings is 1. The summed E-state index contributed by atoms with van der Waals surface area (Å²) in [7, 11) is 3.24. The van der Waals surface area contributed by atoms with Crippen LogP contribution in [0.3, 0.4) is 0 Å². The number of benzene rings is 1. The SMILES string of the molecule is COc1ccc(CNc2ncnc3c2ncn3[C@@H]2C[C@H](CN(C(C)C)C3CC(CCC(=O)NC4=C(N)C=C(C(C)(C)C)CC4)C3)[C@@H](O)[C@H]2O)c(OC)c1. The summed E-state index contributed by atoms with van der Waals surface area (Å²) in [5.74, 6) is 2.37. The Labute approximate surface area is 313 Å². The number of nitrogens with one attached hydrogen (secondary N) is 2. The number of amides is 1. The van der Waals surface area contributed by atoms with Gasteiger partial charge in [0.25, 0.3) is 0 Å².